The van der Waals surface area contributed by atoms with E-state index in [1.165, 1.54) is 30.5 Å². The van der Waals surface area contributed by atoms with Gasteiger partial charge in [-0.2, -0.15) is 5.10 Å². The molecule has 5 nitrogen and oxygen atoms in total. The van der Waals surface area contributed by atoms with Gasteiger partial charge in [0.15, 0.2) is 0 Å². The van der Waals surface area contributed by atoms with Gasteiger partial charge in [-0.15, -0.1) is 0 Å². The van der Waals surface area contributed by atoms with E-state index in [0.717, 1.165) is 63.7 Å². The summed E-state index contributed by atoms with van der Waals surface area (Å²) in [5.74, 6) is 1.24. The van der Waals surface area contributed by atoms with Crippen molar-refractivity contribution >= 4 is 5.91 Å². The first kappa shape index (κ1) is 17.1. The lowest BCUT2D eigenvalue weighted by Gasteiger charge is -2.39. The summed E-state index contributed by atoms with van der Waals surface area (Å²) in [5, 5.41) is 4.66. The van der Waals surface area contributed by atoms with Crippen molar-refractivity contribution in [1.82, 2.24) is 19.6 Å². The summed E-state index contributed by atoms with van der Waals surface area (Å²) in [6.07, 6.45) is 5.94. The number of rotatable bonds is 5. The van der Waals surface area contributed by atoms with Gasteiger partial charge >= 0.3 is 0 Å². The Morgan fingerprint density at radius 3 is 2.68 bits per heavy atom. The second-order valence-corrected chi connectivity index (χ2v) is 8.50. The Bertz CT molecular complexity index is 663. The van der Waals surface area contributed by atoms with Gasteiger partial charge in [0.25, 0.3) is 0 Å². The first-order valence-electron chi connectivity index (χ1n) is 10.1. The highest BCUT2D eigenvalue weighted by molar-refractivity contribution is 5.84. The van der Waals surface area contributed by atoms with Crippen molar-refractivity contribution in [1.29, 1.82) is 0 Å². The molecule has 0 aromatic carbocycles. The van der Waals surface area contributed by atoms with Crippen LogP contribution >= 0.6 is 0 Å². The zero-order valence-corrected chi connectivity index (χ0v) is 16.1. The number of carbonyl (C=O) groups excluding carboxylic acids is 1. The molecular formula is C20H32N4O. The number of likely N-dealkylation sites (tertiary alicyclic amines) is 2. The first-order chi connectivity index (χ1) is 12.0. The molecular weight excluding hydrogens is 312 g/mol. The van der Waals surface area contributed by atoms with Crippen molar-refractivity contribution in [2.75, 3.05) is 26.2 Å². The Kier molecular flexibility index (Phi) is 4.38. The minimum absolute atomic E-state index is 0.101. The fourth-order valence-corrected chi connectivity index (χ4v) is 4.90. The number of aryl methyl sites for hydroxylation is 2. The Labute approximate surface area is 151 Å². The van der Waals surface area contributed by atoms with Gasteiger partial charge in [-0.25, -0.2) is 0 Å². The van der Waals surface area contributed by atoms with Gasteiger partial charge in [-0.05, 0) is 65.3 Å². The fraction of sp³-hybridized carbons (Fsp3) is 0.800. The van der Waals surface area contributed by atoms with Crippen molar-refractivity contribution in [3.63, 3.8) is 0 Å². The monoisotopic (exact) mass is 344 g/mol. The maximum absolute atomic E-state index is 13.2. The van der Waals surface area contributed by atoms with Gasteiger partial charge in [0.2, 0.25) is 5.91 Å². The van der Waals surface area contributed by atoms with Crippen LogP contribution in [0.1, 0.15) is 56.0 Å². The summed E-state index contributed by atoms with van der Waals surface area (Å²) in [5.41, 5.74) is 3.68. The number of hydrogen-bond donors (Lipinski definition) is 0. The first-order valence-corrected chi connectivity index (χ1v) is 10.1. The molecule has 1 spiro atoms. The van der Waals surface area contributed by atoms with Crippen LogP contribution in [0, 0.1) is 25.2 Å². The molecule has 2 saturated heterocycles. The average Bonchev–Trinajstić information content (AvgIpc) is 3.26. The van der Waals surface area contributed by atoms with Gasteiger partial charge in [0.1, 0.15) is 0 Å². The minimum atomic E-state index is -0.101. The van der Waals surface area contributed by atoms with Crippen LogP contribution in [0.15, 0.2) is 0 Å². The molecule has 0 bridgehead atoms. The van der Waals surface area contributed by atoms with Crippen LogP contribution in [0.4, 0.5) is 0 Å². The molecule has 3 aliphatic rings. The summed E-state index contributed by atoms with van der Waals surface area (Å²) in [7, 11) is 0. The maximum atomic E-state index is 13.2. The molecule has 3 heterocycles. The van der Waals surface area contributed by atoms with E-state index in [9.17, 15) is 4.79 Å². The molecule has 0 unspecified atom stereocenters. The zero-order chi connectivity index (χ0) is 17.6. The standard InChI is InChI=1S/C20H32N4O/c1-4-24-16(3)18(15(2)21-24)13-22-11-9-20(14-22)8-5-10-23(19(20)25)12-17-6-7-17/h17H,4-14H2,1-3H3/t20-/m0/s1. The Hall–Kier alpha value is -1.36. The van der Waals surface area contributed by atoms with E-state index in [4.69, 9.17) is 0 Å². The lowest BCUT2D eigenvalue weighted by molar-refractivity contribution is -0.145. The van der Waals surface area contributed by atoms with Crippen LogP contribution < -0.4 is 0 Å². The fourth-order valence-electron chi connectivity index (χ4n) is 4.90. The molecule has 1 amide bonds. The van der Waals surface area contributed by atoms with Crippen LogP contribution in [-0.4, -0.2) is 51.7 Å². The van der Waals surface area contributed by atoms with Crippen LogP contribution in [-0.2, 0) is 17.9 Å². The summed E-state index contributed by atoms with van der Waals surface area (Å²) >= 11 is 0. The topological polar surface area (TPSA) is 41.4 Å². The average molecular weight is 345 g/mol. The quantitative estimate of drug-likeness (QED) is 0.825. The van der Waals surface area contributed by atoms with Gasteiger partial charge in [0, 0.05) is 44.0 Å². The van der Waals surface area contributed by atoms with E-state index in [1.807, 2.05) is 0 Å². The van der Waals surface area contributed by atoms with Gasteiger partial charge in [-0.3, -0.25) is 14.4 Å². The van der Waals surface area contributed by atoms with Crippen LogP contribution in [0.5, 0.6) is 0 Å². The Balaban J connectivity index is 1.45. The van der Waals surface area contributed by atoms with E-state index in [1.54, 1.807) is 0 Å². The maximum Gasteiger partial charge on any atom is 0.230 e. The number of hydrogen-bond acceptors (Lipinski definition) is 3. The number of amides is 1. The van der Waals surface area contributed by atoms with Crippen molar-refractivity contribution in [2.24, 2.45) is 11.3 Å². The van der Waals surface area contributed by atoms with Crippen molar-refractivity contribution in [2.45, 2.75) is 66.0 Å². The molecule has 1 atom stereocenters. The molecule has 5 heteroatoms. The van der Waals surface area contributed by atoms with Gasteiger partial charge < -0.3 is 4.90 Å². The SMILES string of the molecule is CCn1nc(C)c(CN2CC[C@@]3(CCCN(CC4CC4)C3=O)C2)c1C. The third kappa shape index (κ3) is 3.12. The molecule has 1 saturated carbocycles. The third-order valence-corrected chi connectivity index (χ3v) is 6.65. The highest BCUT2D eigenvalue weighted by Gasteiger charge is 2.48. The number of aromatic nitrogens is 2. The summed E-state index contributed by atoms with van der Waals surface area (Å²) in [4.78, 5) is 17.9. The third-order valence-electron chi connectivity index (χ3n) is 6.65. The predicted octanol–water partition coefficient (Wildman–Crippen LogP) is 2.74. The van der Waals surface area contributed by atoms with Crippen LogP contribution in [0.25, 0.3) is 0 Å². The minimum Gasteiger partial charge on any atom is -0.342 e. The largest absolute Gasteiger partial charge is 0.342 e. The molecule has 1 aliphatic carbocycles. The van der Waals surface area contributed by atoms with Gasteiger partial charge in [0.05, 0.1) is 11.1 Å². The molecule has 3 fully saturated rings. The lowest BCUT2D eigenvalue weighted by atomic mass is 9.78. The van der Waals surface area contributed by atoms with E-state index in [-0.39, 0.29) is 5.41 Å². The predicted molar refractivity (Wildman–Crippen MR) is 98.2 cm³/mol. The lowest BCUT2D eigenvalue weighted by Crippen LogP contribution is -2.50. The van der Waals surface area contributed by atoms with Crippen LogP contribution in [0.2, 0.25) is 0 Å². The smallest absolute Gasteiger partial charge is 0.230 e. The molecule has 1 aromatic heterocycles. The second-order valence-electron chi connectivity index (χ2n) is 8.50. The van der Waals surface area contributed by atoms with Crippen LogP contribution in [0.3, 0.4) is 0 Å². The van der Waals surface area contributed by atoms with E-state index >= 15 is 0 Å². The van der Waals surface area contributed by atoms with E-state index in [0.29, 0.717) is 5.91 Å². The van der Waals surface area contributed by atoms with Crippen molar-refractivity contribution < 1.29 is 4.79 Å². The van der Waals surface area contributed by atoms with Gasteiger partial charge in [-0.1, -0.05) is 0 Å². The van der Waals surface area contributed by atoms with E-state index in [2.05, 4.69) is 40.4 Å². The highest BCUT2D eigenvalue weighted by atomic mass is 16.2. The molecule has 1 aromatic rings. The Morgan fingerprint density at radius 1 is 1.20 bits per heavy atom. The van der Waals surface area contributed by atoms with Crippen molar-refractivity contribution in [3.05, 3.63) is 17.0 Å². The van der Waals surface area contributed by atoms with Crippen molar-refractivity contribution in [3.8, 4) is 0 Å². The zero-order valence-electron chi connectivity index (χ0n) is 16.1. The summed E-state index contributed by atoms with van der Waals surface area (Å²) in [6.45, 7) is 12.3. The van der Waals surface area contributed by atoms with E-state index < -0.39 is 0 Å². The number of nitrogens with zero attached hydrogens (tertiary/aromatic N) is 4. The molecule has 25 heavy (non-hydrogen) atoms. The summed E-state index contributed by atoms with van der Waals surface area (Å²) < 4.78 is 2.10. The molecule has 2 aliphatic heterocycles. The molecule has 0 N–H and O–H groups in total. The highest BCUT2D eigenvalue weighted by Crippen LogP contribution is 2.42. The number of carbonyl (C=O) groups is 1. The molecule has 138 valence electrons. The molecule has 4 rings (SSSR count). The Morgan fingerprint density at radius 2 is 2.00 bits per heavy atom. The number of piperidine rings is 1. The summed E-state index contributed by atoms with van der Waals surface area (Å²) in [6, 6.07) is 0. The second kappa shape index (κ2) is 6.42. The molecule has 0 radical (unpaired) electrons. The normalized spacial score (nSPS) is 27.6.